The van der Waals surface area contributed by atoms with Crippen LogP contribution in [0.25, 0.3) is 5.69 Å². The Bertz CT molecular complexity index is 1270. The van der Waals surface area contributed by atoms with Crippen LogP contribution in [0.2, 0.25) is 0 Å². The van der Waals surface area contributed by atoms with Crippen molar-refractivity contribution in [3.63, 3.8) is 0 Å². The largest absolute Gasteiger partial charge is 0.354 e. The number of nitrogens with zero attached hydrogens (tertiary/aromatic N) is 2. The zero-order valence-corrected chi connectivity index (χ0v) is 17.2. The summed E-state index contributed by atoms with van der Waals surface area (Å²) >= 11 is 0. The molecule has 2 aliphatic rings. The summed E-state index contributed by atoms with van der Waals surface area (Å²) in [5, 5.41) is 0. The summed E-state index contributed by atoms with van der Waals surface area (Å²) in [6, 6.07) is 7.33. The first-order valence-electron chi connectivity index (χ1n) is 10.5. The molecule has 1 aromatic carbocycles. The van der Waals surface area contributed by atoms with Crippen LogP contribution in [0.5, 0.6) is 0 Å². The van der Waals surface area contributed by atoms with Gasteiger partial charge in [-0.05, 0) is 67.1 Å². The highest BCUT2D eigenvalue weighted by atomic mass is 19.1. The number of hydrogen-bond donors (Lipinski definition) is 1. The van der Waals surface area contributed by atoms with Gasteiger partial charge in [-0.1, -0.05) is 0 Å². The van der Waals surface area contributed by atoms with Crippen LogP contribution in [0, 0.1) is 12.7 Å². The average molecular weight is 419 g/mol. The molecule has 1 aliphatic carbocycles. The number of fused-ring (bicyclic) bond motifs is 2. The molecule has 0 fully saturated rings. The fraction of sp³-hybridized carbons (Fsp3) is 0.292. The number of aromatic amines is 1. The third-order valence-electron chi connectivity index (χ3n) is 6.29. The molecule has 0 spiro atoms. The maximum Gasteiger partial charge on any atom is 0.270 e. The maximum atomic E-state index is 13.3. The zero-order valence-electron chi connectivity index (χ0n) is 17.2. The molecule has 2 aromatic heterocycles. The van der Waals surface area contributed by atoms with E-state index in [9.17, 15) is 18.8 Å². The Morgan fingerprint density at radius 1 is 1.06 bits per heavy atom. The molecule has 0 saturated heterocycles. The van der Waals surface area contributed by atoms with Crippen LogP contribution in [0.1, 0.15) is 56.1 Å². The molecule has 0 radical (unpaired) electrons. The number of carbonyl (C=O) groups is 2. The molecule has 1 N–H and O–H groups in total. The van der Waals surface area contributed by atoms with Crippen LogP contribution >= 0.6 is 0 Å². The number of pyridine rings is 1. The number of aryl methyl sites for hydroxylation is 1. The predicted molar refractivity (Wildman–Crippen MR) is 113 cm³/mol. The van der Waals surface area contributed by atoms with Gasteiger partial charge in [0.15, 0.2) is 5.78 Å². The number of ketones is 1. The van der Waals surface area contributed by atoms with Gasteiger partial charge in [0.25, 0.3) is 11.5 Å². The summed E-state index contributed by atoms with van der Waals surface area (Å²) in [7, 11) is 0. The highest BCUT2D eigenvalue weighted by Gasteiger charge is 2.30. The first-order valence-corrected chi connectivity index (χ1v) is 10.5. The number of benzene rings is 1. The highest BCUT2D eigenvalue weighted by Crippen LogP contribution is 2.28. The van der Waals surface area contributed by atoms with Gasteiger partial charge in [0.2, 0.25) is 0 Å². The maximum absolute atomic E-state index is 13.3. The molecule has 0 saturated carbocycles. The second-order valence-electron chi connectivity index (χ2n) is 8.24. The normalized spacial score (nSPS) is 15.5. The van der Waals surface area contributed by atoms with E-state index in [0.29, 0.717) is 42.9 Å². The van der Waals surface area contributed by atoms with Crippen molar-refractivity contribution in [2.24, 2.45) is 0 Å². The number of nitrogens with one attached hydrogen (secondary N) is 1. The summed E-state index contributed by atoms with van der Waals surface area (Å²) in [5.41, 5.74) is 4.94. The molecule has 3 heterocycles. The smallest absolute Gasteiger partial charge is 0.270 e. The lowest BCUT2D eigenvalue weighted by Gasteiger charge is -2.29. The second kappa shape index (κ2) is 7.34. The van der Waals surface area contributed by atoms with Crippen molar-refractivity contribution in [3.05, 3.63) is 86.3 Å². The van der Waals surface area contributed by atoms with Gasteiger partial charge in [-0.15, -0.1) is 0 Å². The topological polar surface area (TPSA) is 75.2 Å². The van der Waals surface area contributed by atoms with Gasteiger partial charge >= 0.3 is 0 Å². The first-order chi connectivity index (χ1) is 14.9. The number of hydrogen-bond acceptors (Lipinski definition) is 3. The molecule has 1 amide bonds. The Morgan fingerprint density at radius 2 is 1.84 bits per heavy atom. The van der Waals surface area contributed by atoms with Crippen LogP contribution in [0.4, 0.5) is 4.39 Å². The Labute approximate surface area is 178 Å². The van der Waals surface area contributed by atoms with E-state index >= 15 is 0 Å². The molecule has 3 aromatic rings. The van der Waals surface area contributed by atoms with Crippen LogP contribution in [-0.2, 0) is 19.4 Å². The van der Waals surface area contributed by atoms with Crippen molar-refractivity contribution >= 4 is 11.7 Å². The number of amides is 1. The lowest BCUT2D eigenvalue weighted by atomic mass is 9.93. The Morgan fingerprint density at radius 3 is 2.58 bits per heavy atom. The zero-order chi connectivity index (χ0) is 21.7. The van der Waals surface area contributed by atoms with Crippen molar-refractivity contribution in [2.45, 2.75) is 39.2 Å². The molecule has 7 heteroatoms. The van der Waals surface area contributed by atoms with E-state index in [1.165, 1.54) is 16.7 Å². The summed E-state index contributed by atoms with van der Waals surface area (Å²) in [6.07, 6.45) is 4.43. The monoisotopic (exact) mass is 419 g/mol. The van der Waals surface area contributed by atoms with Crippen molar-refractivity contribution in [1.82, 2.24) is 14.5 Å². The van der Waals surface area contributed by atoms with E-state index in [-0.39, 0.29) is 23.1 Å². The molecule has 31 heavy (non-hydrogen) atoms. The van der Waals surface area contributed by atoms with Crippen LogP contribution in [0.15, 0.2) is 41.3 Å². The fourth-order valence-corrected chi connectivity index (χ4v) is 4.65. The molecule has 158 valence electrons. The fourth-order valence-electron chi connectivity index (χ4n) is 4.65. The van der Waals surface area contributed by atoms with E-state index in [1.54, 1.807) is 29.3 Å². The number of halogens is 1. The van der Waals surface area contributed by atoms with Crippen molar-refractivity contribution in [2.75, 3.05) is 6.54 Å². The summed E-state index contributed by atoms with van der Waals surface area (Å²) in [5.74, 6) is -0.403. The van der Waals surface area contributed by atoms with Crippen LogP contribution in [0.3, 0.4) is 0 Å². The predicted octanol–water partition coefficient (Wildman–Crippen LogP) is 3.33. The molecule has 0 unspecified atom stereocenters. The minimum Gasteiger partial charge on any atom is -0.354 e. The summed E-state index contributed by atoms with van der Waals surface area (Å²) in [6.45, 7) is 2.70. The van der Waals surface area contributed by atoms with Crippen molar-refractivity contribution in [3.8, 4) is 5.69 Å². The SMILES string of the molecule is Cc1c(C(=O)N2CCc3cc(=O)n(-c4ccc(F)cc4)cc3C2)[nH]c2c1C(=O)CCC2. The number of Topliss-reactive ketones (excluding diaryl/α,β-unsaturated/α-hetero) is 1. The third-order valence-corrected chi connectivity index (χ3v) is 6.29. The minimum absolute atomic E-state index is 0.0985. The Balaban J connectivity index is 1.46. The van der Waals surface area contributed by atoms with Gasteiger partial charge in [0.1, 0.15) is 11.5 Å². The van der Waals surface area contributed by atoms with Gasteiger partial charge in [-0.2, -0.15) is 0 Å². The number of aromatic nitrogens is 2. The van der Waals surface area contributed by atoms with E-state index in [0.717, 1.165) is 35.2 Å². The van der Waals surface area contributed by atoms with Gasteiger partial charge in [0.05, 0.1) is 0 Å². The lowest BCUT2D eigenvalue weighted by Crippen LogP contribution is -2.37. The van der Waals surface area contributed by atoms with E-state index in [4.69, 9.17) is 0 Å². The molecule has 6 nitrogen and oxygen atoms in total. The molecule has 5 rings (SSSR count). The Kier molecular flexibility index (Phi) is 4.61. The van der Waals surface area contributed by atoms with Crippen LogP contribution < -0.4 is 5.56 Å². The van der Waals surface area contributed by atoms with Gasteiger partial charge < -0.3 is 9.88 Å². The van der Waals surface area contributed by atoms with E-state index in [2.05, 4.69) is 4.98 Å². The van der Waals surface area contributed by atoms with Crippen LogP contribution in [-0.4, -0.2) is 32.7 Å². The Hall–Kier alpha value is -3.48. The second-order valence-corrected chi connectivity index (χ2v) is 8.24. The first kappa shape index (κ1) is 19.5. The number of carbonyl (C=O) groups excluding carboxylic acids is 2. The van der Waals surface area contributed by atoms with Gasteiger partial charge in [0, 0.05) is 48.7 Å². The standard InChI is InChI=1S/C24H22FN3O3/c1-14-22-19(3-2-4-20(22)29)26-23(14)24(31)27-10-9-15-11-21(30)28(13-16(15)12-27)18-7-5-17(25)6-8-18/h5-8,11,13,26H,2-4,9-10,12H2,1H3. The number of rotatable bonds is 2. The van der Waals surface area contributed by atoms with Crippen molar-refractivity contribution < 1.29 is 14.0 Å². The summed E-state index contributed by atoms with van der Waals surface area (Å²) in [4.78, 5) is 43.1. The average Bonchev–Trinajstić information content (AvgIpc) is 3.11. The lowest BCUT2D eigenvalue weighted by molar-refractivity contribution is 0.0728. The molecular weight excluding hydrogens is 397 g/mol. The molecule has 1 aliphatic heterocycles. The van der Waals surface area contributed by atoms with Gasteiger partial charge in [-0.3, -0.25) is 19.0 Å². The van der Waals surface area contributed by atoms with E-state index in [1.807, 2.05) is 6.92 Å². The third kappa shape index (κ3) is 3.30. The number of H-pyrrole nitrogens is 1. The van der Waals surface area contributed by atoms with Crippen molar-refractivity contribution in [1.29, 1.82) is 0 Å². The molecule has 0 bridgehead atoms. The minimum atomic E-state index is -0.367. The highest BCUT2D eigenvalue weighted by molar-refractivity contribution is 6.04. The molecule has 0 atom stereocenters. The quantitative estimate of drug-likeness (QED) is 0.692. The van der Waals surface area contributed by atoms with E-state index < -0.39 is 0 Å². The summed E-state index contributed by atoms with van der Waals surface area (Å²) < 4.78 is 14.7. The molecular formula is C24H22FN3O3. The van der Waals surface area contributed by atoms with Gasteiger partial charge in [-0.25, -0.2) is 4.39 Å².